The Bertz CT molecular complexity index is 817. The fourth-order valence-electron chi connectivity index (χ4n) is 2.31. The Morgan fingerprint density at radius 1 is 0.962 bits per heavy atom. The summed E-state index contributed by atoms with van der Waals surface area (Å²) in [5.74, 6) is -1.61. The molecule has 6 nitrogen and oxygen atoms in total. The molecule has 0 bridgehead atoms. The van der Waals surface area contributed by atoms with Crippen LogP contribution in [0.15, 0.2) is 48.5 Å². The maximum Gasteiger partial charge on any atom is 0.335 e. The summed E-state index contributed by atoms with van der Waals surface area (Å²) in [7, 11) is 0. The summed E-state index contributed by atoms with van der Waals surface area (Å²) >= 11 is 0. The second-order valence-electron chi connectivity index (χ2n) is 6.05. The molecule has 136 valence electrons. The Morgan fingerprint density at radius 3 is 2.23 bits per heavy atom. The monoisotopic (exact) mass is 354 g/mol. The van der Waals surface area contributed by atoms with Crippen LogP contribution in [0.3, 0.4) is 0 Å². The Labute approximate surface area is 152 Å². The molecule has 3 N–H and O–H groups in total. The molecule has 0 heterocycles. The molecule has 6 heteroatoms. The van der Waals surface area contributed by atoms with E-state index in [1.165, 1.54) is 18.2 Å². The van der Waals surface area contributed by atoms with Gasteiger partial charge in [0.2, 0.25) is 0 Å². The second-order valence-corrected chi connectivity index (χ2v) is 6.05. The molecular weight excluding hydrogens is 332 g/mol. The van der Waals surface area contributed by atoms with Crippen molar-refractivity contribution in [2.24, 2.45) is 0 Å². The number of amides is 2. The van der Waals surface area contributed by atoms with Gasteiger partial charge in [-0.25, -0.2) is 4.79 Å². The van der Waals surface area contributed by atoms with Gasteiger partial charge in [0.25, 0.3) is 11.8 Å². The summed E-state index contributed by atoms with van der Waals surface area (Å²) in [6.45, 7) is 4.17. The van der Waals surface area contributed by atoms with Crippen LogP contribution >= 0.6 is 0 Å². The minimum atomic E-state index is -1.08. The van der Waals surface area contributed by atoms with Crippen molar-refractivity contribution in [3.05, 3.63) is 70.8 Å². The number of rotatable bonds is 7. The number of nitrogens with one attached hydrogen (secondary N) is 2. The number of hydrogen-bond donors (Lipinski definition) is 3. The van der Waals surface area contributed by atoms with E-state index in [1.54, 1.807) is 24.3 Å². The molecular formula is C20H22N2O4. The summed E-state index contributed by atoms with van der Waals surface area (Å²) in [6, 6.07) is 13.0. The third-order valence-corrected chi connectivity index (χ3v) is 4.00. The lowest BCUT2D eigenvalue weighted by molar-refractivity contribution is 0.0696. The van der Waals surface area contributed by atoms with Crippen LogP contribution in [0.5, 0.6) is 0 Å². The molecule has 1 unspecified atom stereocenters. The van der Waals surface area contributed by atoms with Crippen LogP contribution in [0.4, 0.5) is 0 Å². The molecule has 0 aliphatic rings. The molecule has 0 saturated carbocycles. The van der Waals surface area contributed by atoms with Gasteiger partial charge < -0.3 is 15.7 Å². The third kappa shape index (κ3) is 5.17. The smallest absolute Gasteiger partial charge is 0.335 e. The van der Waals surface area contributed by atoms with Gasteiger partial charge in [-0.05, 0) is 49.2 Å². The van der Waals surface area contributed by atoms with E-state index < -0.39 is 5.97 Å². The highest BCUT2D eigenvalue weighted by molar-refractivity contribution is 5.97. The van der Waals surface area contributed by atoms with E-state index in [2.05, 4.69) is 10.6 Å². The maximum atomic E-state index is 12.2. The van der Waals surface area contributed by atoms with Crippen molar-refractivity contribution in [3.63, 3.8) is 0 Å². The number of carbonyl (C=O) groups excluding carboxylic acids is 2. The lowest BCUT2D eigenvalue weighted by atomic mass is 10.1. The first kappa shape index (κ1) is 19.2. The fourth-order valence-corrected chi connectivity index (χ4v) is 2.31. The highest BCUT2D eigenvalue weighted by Crippen LogP contribution is 2.08. The van der Waals surface area contributed by atoms with E-state index in [0.717, 1.165) is 12.0 Å². The van der Waals surface area contributed by atoms with Gasteiger partial charge in [0.15, 0.2) is 0 Å². The molecule has 0 radical (unpaired) electrons. The van der Waals surface area contributed by atoms with E-state index in [1.807, 2.05) is 19.9 Å². The van der Waals surface area contributed by atoms with Crippen LogP contribution in [-0.2, 0) is 6.54 Å². The van der Waals surface area contributed by atoms with Gasteiger partial charge in [-0.2, -0.15) is 0 Å². The molecule has 1 atom stereocenters. The molecule has 0 fully saturated rings. The van der Waals surface area contributed by atoms with Crippen LogP contribution in [0.1, 0.15) is 56.9 Å². The van der Waals surface area contributed by atoms with Crippen molar-refractivity contribution in [1.82, 2.24) is 10.6 Å². The normalized spacial score (nSPS) is 11.5. The van der Waals surface area contributed by atoms with E-state index in [0.29, 0.717) is 5.56 Å². The average molecular weight is 354 g/mol. The van der Waals surface area contributed by atoms with Gasteiger partial charge in [0.05, 0.1) is 5.56 Å². The van der Waals surface area contributed by atoms with Gasteiger partial charge >= 0.3 is 5.97 Å². The van der Waals surface area contributed by atoms with E-state index in [-0.39, 0.29) is 35.5 Å². The lowest BCUT2D eigenvalue weighted by Crippen LogP contribution is -2.32. The average Bonchev–Trinajstić information content (AvgIpc) is 2.66. The van der Waals surface area contributed by atoms with Crippen molar-refractivity contribution in [2.75, 3.05) is 0 Å². The second kappa shape index (κ2) is 8.80. The molecule has 2 rings (SSSR count). The standard InChI is InChI=1S/C20H22N2O4/c1-3-13(2)22-19(24)15-7-4-6-14(10-15)12-21-18(23)16-8-5-9-17(11-16)20(25)26/h4-11,13H,3,12H2,1-2H3,(H,21,23)(H,22,24)(H,25,26). The van der Waals surface area contributed by atoms with Crippen LogP contribution in [0.2, 0.25) is 0 Å². The van der Waals surface area contributed by atoms with Crippen molar-refractivity contribution in [3.8, 4) is 0 Å². The van der Waals surface area contributed by atoms with Crippen molar-refractivity contribution in [1.29, 1.82) is 0 Å². The Balaban J connectivity index is 2.02. The van der Waals surface area contributed by atoms with Crippen molar-refractivity contribution in [2.45, 2.75) is 32.9 Å². The quantitative estimate of drug-likeness (QED) is 0.712. The number of aromatic carboxylic acids is 1. The van der Waals surface area contributed by atoms with Gasteiger partial charge in [-0.15, -0.1) is 0 Å². The minimum absolute atomic E-state index is 0.0568. The number of carbonyl (C=O) groups is 3. The third-order valence-electron chi connectivity index (χ3n) is 4.00. The molecule has 0 aromatic heterocycles. The molecule has 0 aliphatic carbocycles. The summed E-state index contributed by atoms with van der Waals surface area (Å²) in [5, 5.41) is 14.6. The predicted molar refractivity (Wildman–Crippen MR) is 98.2 cm³/mol. The maximum absolute atomic E-state index is 12.2. The van der Waals surface area contributed by atoms with Gasteiger partial charge in [0, 0.05) is 23.7 Å². The minimum Gasteiger partial charge on any atom is -0.478 e. The van der Waals surface area contributed by atoms with E-state index in [9.17, 15) is 14.4 Å². The van der Waals surface area contributed by atoms with Crippen LogP contribution < -0.4 is 10.6 Å². The summed E-state index contributed by atoms with van der Waals surface area (Å²) in [6.07, 6.45) is 0.844. The zero-order chi connectivity index (χ0) is 19.1. The van der Waals surface area contributed by atoms with Crippen LogP contribution in [-0.4, -0.2) is 28.9 Å². The number of hydrogen-bond acceptors (Lipinski definition) is 3. The zero-order valence-electron chi connectivity index (χ0n) is 14.8. The highest BCUT2D eigenvalue weighted by Gasteiger charge is 2.11. The van der Waals surface area contributed by atoms with Gasteiger partial charge in [-0.1, -0.05) is 25.1 Å². The molecule has 0 spiro atoms. The SMILES string of the molecule is CCC(C)NC(=O)c1cccc(CNC(=O)c2cccc(C(=O)O)c2)c1. The van der Waals surface area contributed by atoms with Crippen molar-refractivity contribution >= 4 is 17.8 Å². The fraction of sp³-hybridized carbons (Fsp3) is 0.250. The summed E-state index contributed by atoms with van der Waals surface area (Å²) < 4.78 is 0. The van der Waals surface area contributed by atoms with Crippen LogP contribution in [0.25, 0.3) is 0 Å². The largest absolute Gasteiger partial charge is 0.478 e. The predicted octanol–water partition coefficient (Wildman–Crippen LogP) is 2.84. The number of carboxylic acids is 1. The number of carboxylic acid groups (broad SMARTS) is 1. The molecule has 2 aromatic carbocycles. The molecule has 2 amide bonds. The Hall–Kier alpha value is -3.15. The van der Waals surface area contributed by atoms with Crippen LogP contribution in [0, 0.1) is 0 Å². The number of benzene rings is 2. The zero-order valence-corrected chi connectivity index (χ0v) is 14.8. The highest BCUT2D eigenvalue weighted by atomic mass is 16.4. The molecule has 0 aliphatic heterocycles. The summed E-state index contributed by atoms with van der Waals surface area (Å²) in [4.78, 5) is 35.4. The Morgan fingerprint density at radius 2 is 1.58 bits per heavy atom. The lowest BCUT2D eigenvalue weighted by Gasteiger charge is -2.12. The molecule has 2 aromatic rings. The first-order chi connectivity index (χ1) is 12.4. The first-order valence-corrected chi connectivity index (χ1v) is 8.42. The Kier molecular flexibility index (Phi) is 6.49. The first-order valence-electron chi connectivity index (χ1n) is 8.42. The van der Waals surface area contributed by atoms with Gasteiger partial charge in [-0.3, -0.25) is 9.59 Å². The molecule has 26 heavy (non-hydrogen) atoms. The summed E-state index contributed by atoms with van der Waals surface area (Å²) in [5.41, 5.74) is 1.64. The van der Waals surface area contributed by atoms with Crippen molar-refractivity contribution < 1.29 is 19.5 Å². The molecule has 0 saturated heterocycles. The van der Waals surface area contributed by atoms with E-state index in [4.69, 9.17) is 5.11 Å². The van der Waals surface area contributed by atoms with Gasteiger partial charge in [0.1, 0.15) is 0 Å². The topological polar surface area (TPSA) is 95.5 Å². The van der Waals surface area contributed by atoms with E-state index >= 15 is 0 Å².